The highest BCUT2D eigenvalue weighted by atomic mass is 16.6. The van der Waals surface area contributed by atoms with Crippen LogP contribution in [0.1, 0.15) is 6.92 Å². The smallest absolute Gasteiger partial charge is 0.338 e. The van der Waals surface area contributed by atoms with E-state index in [0.29, 0.717) is 42.0 Å². The van der Waals surface area contributed by atoms with Gasteiger partial charge < -0.3 is 23.4 Å². The van der Waals surface area contributed by atoms with E-state index in [2.05, 4.69) is 13.2 Å². The van der Waals surface area contributed by atoms with E-state index in [1.165, 1.54) is 0 Å². The first kappa shape index (κ1) is 22.1. The third-order valence-electron chi connectivity index (χ3n) is 4.74. The number of ether oxygens (including phenoxy) is 4. The lowest BCUT2D eigenvalue weighted by Gasteiger charge is -2.12. The number of epoxide rings is 1. The van der Waals surface area contributed by atoms with Gasteiger partial charge in [0, 0.05) is 22.8 Å². The Bertz CT molecular complexity index is 1200. The Kier molecular flexibility index (Phi) is 6.42. The molecule has 7 nitrogen and oxygen atoms in total. The van der Waals surface area contributed by atoms with Crippen molar-refractivity contribution in [3.63, 3.8) is 0 Å². The summed E-state index contributed by atoms with van der Waals surface area (Å²) in [4.78, 5) is 23.3. The maximum absolute atomic E-state index is 12.0. The average Bonchev–Trinajstić information content (AvgIpc) is 3.52. The first-order valence-electron chi connectivity index (χ1n) is 10.2. The van der Waals surface area contributed by atoms with Gasteiger partial charge in [-0.2, -0.15) is 0 Å². The summed E-state index contributed by atoms with van der Waals surface area (Å²) in [6.07, 6.45) is 1.15. The molecule has 0 radical (unpaired) electrons. The zero-order chi connectivity index (χ0) is 23.4. The van der Waals surface area contributed by atoms with Gasteiger partial charge in [-0.25, -0.2) is 9.59 Å². The van der Waals surface area contributed by atoms with Crippen LogP contribution >= 0.6 is 0 Å². The molecule has 168 valence electrons. The molecule has 0 bridgehead atoms. The van der Waals surface area contributed by atoms with Gasteiger partial charge in [-0.05, 0) is 61.5 Å². The number of carbonyl (C=O) groups excluding carboxylic acids is 2. The van der Waals surface area contributed by atoms with Gasteiger partial charge in [0.25, 0.3) is 0 Å². The number of carbonyl (C=O) groups is 2. The Morgan fingerprint density at radius 1 is 1.00 bits per heavy atom. The van der Waals surface area contributed by atoms with Gasteiger partial charge >= 0.3 is 11.9 Å². The Hall–Kier alpha value is -4.10. The highest BCUT2D eigenvalue weighted by Crippen LogP contribution is 2.36. The number of esters is 2. The summed E-state index contributed by atoms with van der Waals surface area (Å²) < 4.78 is 27.5. The van der Waals surface area contributed by atoms with Crippen LogP contribution in [0.3, 0.4) is 0 Å². The van der Waals surface area contributed by atoms with Gasteiger partial charge in [0.15, 0.2) is 11.5 Å². The normalized spacial score (nSPS) is 14.3. The van der Waals surface area contributed by atoms with Gasteiger partial charge in [0.1, 0.15) is 30.0 Å². The van der Waals surface area contributed by atoms with Gasteiger partial charge in [0.05, 0.1) is 6.61 Å². The second kappa shape index (κ2) is 9.58. The number of furan rings is 1. The van der Waals surface area contributed by atoms with Crippen molar-refractivity contribution in [1.82, 2.24) is 0 Å². The van der Waals surface area contributed by atoms with Crippen LogP contribution in [0.15, 0.2) is 83.8 Å². The predicted molar refractivity (Wildman–Crippen MR) is 121 cm³/mol. The van der Waals surface area contributed by atoms with E-state index >= 15 is 0 Å². The van der Waals surface area contributed by atoms with Crippen LogP contribution < -0.4 is 14.2 Å². The third kappa shape index (κ3) is 5.58. The molecule has 1 saturated heterocycles. The molecule has 2 aromatic carbocycles. The molecule has 1 aliphatic rings. The van der Waals surface area contributed by atoms with E-state index in [1.807, 2.05) is 12.1 Å². The Balaban J connectivity index is 1.55. The average molecular weight is 446 g/mol. The predicted octanol–water partition coefficient (Wildman–Crippen LogP) is 4.96. The molecule has 0 amide bonds. The van der Waals surface area contributed by atoms with Crippen LogP contribution in [0, 0.1) is 0 Å². The van der Waals surface area contributed by atoms with Gasteiger partial charge in [-0.1, -0.05) is 13.2 Å². The Morgan fingerprint density at radius 2 is 1.67 bits per heavy atom. The first-order valence-corrected chi connectivity index (χ1v) is 10.2. The van der Waals surface area contributed by atoms with Crippen LogP contribution in [0.25, 0.3) is 22.6 Å². The van der Waals surface area contributed by atoms with Gasteiger partial charge in [-0.3, -0.25) is 0 Å². The number of hydrogen-bond acceptors (Lipinski definition) is 7. The van der Waals surface area contributed by atoms with E-state index in [0.717, 1.165) is 17.2 Å². The van der Waals surface area contributed by atoms with Crippen molar-refractivity contribution in [2.75, 3.05) is 13.2 Å². The maximum atomic E-state index is 12.0. The van der Waals surface area contributed by atoms with Crippen molar-refractivity contribution < 1.29 is 33.0 Å². The fraction of sp³-hybridized carbons (Fsp3) is 0.154. The second-order valence-corrected chi connectivity index (χ2v) is 7.41. The lowest BCUT2D eigenvalue weighted by atomic mass is 10.1. The van der Waals surface area contributed by atoms with E-state index < -0.39 is 11.9 Å². The standard InChI is InChI=1S/C26H22O7/c1-4-25(27)31-19-8-5-17(6-9-19)21-11-12-22(32-21)18-7-10-23(33-26(28)16(2)3)24(13-18)30-15-20-14-29-20/h4-13,20H,1-2,14-15H2,3H3. The monoisotopic (exact) mass is 446 g/mol. The zero-order valence-electron chi connectivity index (χ0n) is 18.0. The summed E-state index contributed by atoms with van der Waals surface area (Å²) in [5, 5.41) is 0. The molecule has 33 heavy (non-hydrogen) atoms. The molecule has 0 spiro atoms. The van der Waals surface area contributed by atoms with E-state index in [9.17, 15) is 9.59 Å². The molecule has 1 aliphatic heterocycles. The van der Waals surface area contributed by atoms with Crippen molar-refractivity contribution in [3.8, 4) is 39.9 Å². The minimum Gasteiger partial charge on any atom is -0.487 e. The molecule has 1 atom stereocenters. The summed E-state index contributed by atoms with van der Waals surface area (Å²) in [6, 6.07) is 15.8. The number of rotatable bonds is 9. The highest BCUT2D eigenvalue weighted by Gasteiger charge is 2.24. The molecule has 1 aromatic heterocycles. The number of hydrogen-bond donors (Lipinski definition) is 0. The quantitative estimate of drug-likeness (QED) is 0.199. The van der Waals surface area contributed by atoms with Crippen molar-refractivity contribution >= 4 is 11.9 Å². The van der Waals surface area contributed by atoms with E-state index in [4.69, 9.17) is 23.4 Å². The molecular weight excluding hydrogens is 424 g/mol. The fourth-order valence-electron chi connectivity index (χ4n) is 2.89. The summed E-state index contributed by atoms with van der Waals surface area (Å²) in [5.74, 6) is 1.31. The molecule has 1 unspecified atom stereocenters. The molecule has 0 saturated carbocycles. The van der Waals surface area contributed by atoms with E-state index in [1.54, 1.807) is 49.4 Å². The topological polar surface area (TPSA) is 87.5 Å². The molecule has 2 heterocycles. The van der Waals surface area contributed by atoms with Gasteiger partial charge in [0.2, 0.25) is 0 Å². The third-order valence-corrected chi connectivity index (χ3v) is 4.74. The Morgan fingerprint density at radius 3 is 2.30 bits per heavy atom. The van der Waals surface area contributed by atoms with Crippen molar-refractivity contribution in [3.05, 3.63) is 79.4 Å². The molecule has 4 rings (SSSR count). The molecule has 0 N–H and O–H groups in total. The Labute approximate surface area is 190 Å². The molecular formula is C26H22O7. The number of benzene rings is 2. The molecule has 0 aliphatic carbocycles. The van der Waals surface area contributed by atoms with Crippen molar-refractivity contribution in [1.29, 1.82) is 0 Å². The van der Waals surface area contributed by atoms with Crippen LogP contribution in [-0.4, -0.2) is 31.3 Å². The lowest BCUT2D eigenvalue weighted by molar-refractivity contribution is -0.130. The van der Waals surface area contributed by atoms with Crippen LogP contribution in [-0.2, 0) is 14.3 Å². The van der Waals surface area contributed by atoms with Crippen LogP contribution in [0.4, 0.5) is 0 Å². The zero-order valence-corrected chi connectivity index (χ0v) is 18.0. The van der Waals surface area contributed by atoms with Crippen LogP contribution in [0.5, 0.6) is 17.2 Å². The fourth-order valence-corrected chi connectivity index (χ4v) is 2.89. The SMILES string of the molecule is C=CC(=O)Oc1ccc(-c2ccc(-c3ccc(OC(=O)C(=C)C)c(OCC4CO4)c3)o2)cc1. The van der Waals surface area contributed by atoms with Crippen molar-refractivity contribution in [2.45, 2.75) is 13.0 Å². The van der Waals surface area contributed by atoms with Crippen LogP contribution in [0.2, 0.25) is 0 Å². The summed E-state index contributed by atoms with van der Waals surface area (Å²) in [6.45, 7) is 9.56. The summed E-state index contributed by atoms with van der Waals surface area (Å²) >= 11 is 0. The molecule has 7 heteroatoms. The summed E-state index contributed by atoms with van der Waals surface area (Å²) in [5.41, 5.74) is 1.85. The first-order chi connectivity index (χ1) is 15.9. The maximum Gasteiger partial charge on any atom is 0.338 e. The van der Waals surface area contributed by atoms with Crippen molar-refractivity contribution in [2.24, 2.45) is 0 Å². The minimum absolute atomic E-state index is 0.0438. The van der Waals surface area contributed by atoms with E-state index in [-0.39, 0.29) is 11.7 Å². The van der Waals surface area contributed by atoms with Gasteiger partial charge in [-0.15, -0.1) is 0 Å². The largest absolute Gasteiger partial charge is 0.487 e. The second-order valence-electron chi connectivity index (χ2n) is 7.41. The summed E-state index contributed by atoms with van der Waals surface area (Å²) in [7, 11) is 0. The molecule has 1 fully saturated rings. The minimum atomic E-state index is -0.530. The molecule has 3 aromatic rings. The highest BCUT2D eigenvalue weighted by molar-refractivity contribution is 5.89. The lowest BCUT2D eigenvalue weighted by Crippen LogP contribution is -2.11.